The molecule has 3 aromatic carbocycles. The van der Waals surface area contributed by atoms with Gasteiger partial charge >= 0.3 is 0 Å². The first kappa shape index (κ1) is 18.1. The van der Waals surface area contributed by atoms with Gasteiger partial charge in [0.2, 0.25) is 5.91 Å². The molecule has 2 N–H and O–H groups in total. The van der Waals surface area contributed by atoms with E-state index in [1.54, 1.807) is 18.3 Å². The lowest BCUT2D eigenvalue weighted by Gasteiger charge is -2.05. The fourth-order valence-electron chi connectivity index (χ4n) is 2.50. The van der Waals surface area contributed by atoms with Crippen LogP contribution in [0.25, 0.3) is 10.8 Å². The van der Waals surface area contributed by atoms with E-state index in [-0.39, 0.29) is 18.1 Å². The number of carbonyl (C=O) groups excluding carboxylic acids is 1. The van der Waals surface area contributed by atoms with Crippen molar-refractivity contribution in [2.75, 3.05) is 0 Å². The third-order valence-corrected chi connectivity index (χ3v) is 5.32. The summed E-state index contributed by atoms with van der Waals surface area (Å²) >= 11 is 4.12. The van der Waals surface area contributed by atoms with E-state index >= 15 is 0 Å². The van der Waals surface area contributed by atoms with Crippen LogP contribution in [0.3, 0.4) is 0 Å². The van der Waals surface area contributed by atoms with E-state index < -0.39 is 0 Å². The summed E-state index contributed by atoms with van der Waals surface area (Å²) in [5.41, 5.74) is 4.35. The maximum Gasteiger partial charge on any atom is 0.244 e. The zero-order valence-corrected chi connectivity index (χ0v) is 17.4. The zero-order valence-electron chi connectivity index (χ0n) is 13.0. The summed E-state index contributed by atoms with van der Waals surface area (Å²) in [6.07, 6.45) is 1.84. The number of aromatic hydroxyl groups is 1. The molecule has 0 aliphatic heterocycles. The first-order valence-corrected chi connectivity index (χ1v) is 9.67. The SMILES string of the molecule is O=C(Cc1cccc2ccccc12)NN=Cc1cc(I)c(O)c(I)c1. The van der Waals surface area contributed by atoms with Gasteiger partial charge in [-0.2, -0.15) is 5.10 Å². The summed E-state index contributed by atoms with van der Waals surface area (Å²) in [5, 5.41) is 16.0. The van der Waals surface area contributed by atoms with Gasteiger partial charge < -0.3 is 5.11 Å². The van der Waals surface area contributed by atoms with Crippen LogP contribution >= 0.6 is 45.2 Å². The van der Waals surface area contributed by atoms with Crippen LogP contribution in [-0.2, 0) is 11.2 Å². The number of hydrazone groups is 1. The van der Waals surface area contributed by atoms with E-state index in [0.29, 0.717) is 0 Å². The number of hydrogen-bond acceptors (Lipinski definition) is 3. The van der Waals surface area contributed by atoms with Crippen molar-refractivity contribution in [2.24, 2.45) is 5.10 Å². The minimum Gasteiger partial charge on any atom is -0.506 e. The van der Waals surface area contributed by atoms with Crippen molar-refractivity contribution in [3.8, 4) is 5.75 Å². The number of fused-ring (bicyclic) bond motifs is 1. The Morgan fingerprint density at radius 3 is 2.52 bits per heavy atom. The van der Waals surface area contributed by atoms with Crippen LogP contribution < -0.4 is 5.43 Å². The third-order valence-electron chi connectivity index (χ3n) is 3.67. The molecule has 0 fully saturated rings. The van der Waals surface area contributed by atoms with E-state index in [1.165, 1.54) is 0 Å². The largest absolute Gasteiger partial charge is 0.506 e. The molecule has 0 aliphatic carbocycles. The van der Waals surface area contributed by atoms with Gasteiger partial charge in [-0.25, -0.2) is 5.43 Å². The molecule has 0 aliphatic rings. The quantitative estimate of drug-likeness (QED) is 0.284. The molecule has 0 spiro atoms. The highest BCUT2D eigenvalue weighted by Crippen LogP contribution is 2.26. The van der Waals surface area contributed by atoms with Gasteiger partial charge in [0.25, 0.3) is 0 Å². The van der Waals surface area contributed by atoms with Crippen molar-refractivity contribution in [2.45, 2.75) is 6.42 Å². The minimum absolute atomic E-state index is 0.171. The molecule has 0 saturated heterocycles. The highest BCUT2D eigenvalue weighted by molar-refractivity contribution is 14.1. The zero-order chi connectivity index (χ0) is 17.8. The molecular weight excluding hydrogens is 542 g/mol. The van der Waals surface area contributed by atoms with Crippen molar-refractivity contribution < 1.29 is 9.90 Å². The Hall–Kier alpha value is -1.68. The monoisotopic (exact) mass is 556 g/mol. The molecule has 3 rings (SSSR count). The second-order valence-electron chi connectivity index (χ2n) is 5.44. The van der Waals surface area contributed by atoms with Gasteiger partial charge in [-0.15, -0.1) is 0 Å². The Bertz CT molecular complexity index is 942. The van der Waals surface area contributed by atoms with Crippen LogP contribution in [0, 0.1) is 7.14 Å². The topological polar surface area (TPSA) is 61.7 Å². The molecule has 4 nitrogen and oxygen atoms in total. The highest BCUT2D eigenvalue weighted by Gasteiger charge is 2.07. The van der Waals surface area contributed by atoms with Gasteiger partial charge in [0, 0.05) is 0 Å². The summed E-state index contributed by atoms with van der Waals surface area (Å²) in [5.74, 6) is 0.0918. The molecule has 0 aromatic heterocycles. The summed E-state index contributed by atoms with van der Waals surface area (Å²) in [6, 6.07) is 17.5. The van der Waals surface area contributed by atoms with E-state index in [0.717, 1.165) is 29.0 Å². The molecule has 3 aromatic rings. The Labute approximate surface area is 172 Å². The lowest BCUT2D eigenvalue weighted by atomic mass is 10.0. The van der Waals surface area contributed by atoms with E-state index in [2.05, 4.69) is 55.7 Å². The second kappa shape index (κ2) is 8.13. The number of benzene rings is 3. The van der Waals surface area contributed by atoms with Gasteiger partial charge in [0.1, 0.15) is 5.75 Å². The molecule has 0 heterocycles. The Balaban J connectivity index is 1.69. The van der Waals surface area contributed by atoms with Crippen LogP contribution in [0.1, 0.15) is 11.1 Å². The summed E-state index contributed by atoms with van der Waals surface area (Å²) < 4.78 is 1.49. The normalized spacial score (nSPS) is 11.1. The van der Waals surface area contributed by atoms with Crippen molar-refractivity contribution in [3.63, 3.8) is 0 Å². The number of phenolic OH excluding ortho intramolecular Hbond substituents is 1. The average molecular weight is 556 g/mol. The maximum atomic E-state index is 12.2. The summed E-state index contributed by atoms with van der Waals surface area (Å²) in [6.45, 7) is 0. The van der Waals surface area contributed by atoms with Gasteiger partial charge in [0.05, 0.1) is 19.8 Å². The minimum atomic E-state index is -0.171. The number of nitrogens with zero attached hydrogens (tertiary/aromatic N) is 1. The van der Waals surface area contributed by atoms with Crippen molar-refractivity contribution in [1.82, 2.24) is 5.43 Å². The molecule has 0 bridgehead atoms. The number of rotatable bonds is 4. The molecule has 6 heteroatoms. The van der Waals surface area contributed by atoms with Crippen LogP contribution in [0.5, 0.6) is 5.75 Å². The maximum absolute atomic E-state index is 12.2. The third kappa shape index (κ3) is 4.49. The Morgan fingerprint density at radius 1 is 1.08 bits per heavy atom. The van der Waals surface area contributed by atoms with Gasteiger partial charge in [-0.3, -0.25) is 4.79 Å². The van der Waals surface area contributed by atoms with Gasteiger partial charge in [-0.1, -0.05) is 42.5 Å². The number of amides is 1. The fraction of sp³-hybridized carbons (Fsp3) is 0.0526. The van der Waals surface area contributed by atoms with Crippen molar-refractivity contribution in [3.05, 3.63) is 72.9 Å². The Morgan fingerprint density at radius 2 is 1.76 bits per heavy atom. The average Bonchev–Trinajstić information content (AvgIpc) is 2.60. The lowest BCUT2D eigenvalue weighted by molar-refractivity contribution is -0.120. The first-order valence-electron chi connectivity index (χ1n) is 7.51. The molecular formula is C19H14I2N2O2. The number of phenols is 1. The fourth-order valence-corrected chi connectivity index (χ4v) is 4.31. The second-order valence-corrected chi connectivity index (χ2v) is 7.77. The molecule has 0 atom stereocenters. The molecule has 25 heavy (non-hydrogen) atoms. The van der Waals surface area contributed by atoms with Crippen LogP contribution in [0.4, 0.5) is 0 Å². The van der Waals surface area contributed by atoms with E-state index in [9.17, 15) is 9.90 Å². The summed E-state index contributed by atoms with van der Waals surface area (Å²) in [4.78, 5) is 12.2. The van der Waals surface area contributed by atoms with Crippen LogP contribution in [0.15, 0.2) is 59.7 Å². The molecule has 0 saturated carbocycles. The van der Waals surface area contributed by atoms with E-state index in [1.807, 2.05) is 42.5 Å². The predicted octanol–water partition coefficient (Wildman–Crippen LogP) is 4.45. The number of halogens is 2. The number of hydrogen-bond donors (Lipinski definition) is 2. The van der Waals surface area contributed by atoms with Gasteiger partial charge in [0.15, 0.2) is 0 Å². The first-order chi connectivity index (χ1) is 12.0. The van der Waals surface area contributed by atoms with Crippen LogP contribution in [0.2, 0.25) is 0 Å². The van der Waals surface area contributed by atoms with Crippen LogP contribution in [-0.4, -0.2) is 17.2 Å². The lowest BCUT2D eigenvalue weighted by Crippen LogP contribution is -2.19. The van der Waals surface area contributed by atoms with E-state index in [4.69, 9.17) is 0 Å². The highest BCUT2D eigenvalue weighted by atomic mass is 127. The standard InChI is InChI=1S/C19H14I2N2O2/c20-16-8-12(9-17(21)19(16)25)11-22-23-18(24)10-14-6-3-5-13-4-1-2-7-15(13)14/h1-9,11,25H,10H2,(H,23,24). The molecule has 126 valence electrons. The molecule has 0 unspecified atom stereocenters. The van der Waals surface area contributed by atoms with Crippen molar-refractivity contribution in [1.29, 1.82) is 0 Å². The predicted molar refractivity (Wildman–Crippen MR) is 117 cm³/mol. The Kier molecular flexibility index (Phi) is 5.89. The molecule has 1 amide bonds. The number of nitrogens with one attached hydrogen (secondary N) is 1. The summed E-state index contributed by atoms with van der Waals surface area (Å²) in [7, 11) is 0. The number of carbonyl (C=O) groups is 1. The van der Waals surface area contributed by atoms with Crippen molar-refractivity contribution >= 4 is 68.1 Å². The smallest absolute Gasteiger partial charge is 0.244 e. The molecule has 0 radical (unpaired) electrons. The van der Waals surface area contributed by atoms with Gasteiger partial charge in [-0.05, 0) is 79.2 Å².